The topological polar surface area (TPSA) is 65.4 Å². The Hall–Kier alpha value is -2.80. The zero-order valence-corrected chi connectivity index (χ0v) is 16.4. The Morgan fingerprint density at radius 1 is 1.00 bits per heavy atom. The lowest BCUT2D eigenvalue weighted by molar-refractivity contribution is 0.0141. The lowest BCUT2D eigenvalue weighted by atomic mass is 10.0. The molecule has 1 aromatic carbocycles. The van der Waals surface area contributed by atoms with Crippen LogP contribution in [0, 0.1) is 0 Å². The van der Waals surface area contributed by atoms with Crippen LogP contribution in [0.5, 0.6) is 0 Å². The van der Waals surface area contributed by atoms with Gasteiger partial charge in [-0.2, -0.15) is 0 Å². The van der Waals surface area contributed by atoms with Crippen LogP contribution in [0.1, 0.15) is 36.7 Å². The number of allylic oxidation sites excluding steroid dienone is 2. The van der Waals surface area contributed by atoms with Crippen molar-refractivity contribution in [2.24, 2.45) is 0 Å². The molecule has 2 amide bonds. The summed E-state index contributed by atoms with van der Waals surface area (Å²) in [5, 5.41) is 1.78. The Kier molecular flexibility index (Phi) is 4.42. The Bertz CT molecular complexity index is 832. The van der Waals surface area contributed by atoms with Crippen LogP contribution < -0.4 is 0 Å². The summed E-state index contributed by atoms with van der Waals surface area (Å²) in [5.74, 6) is -0.0273. The highest BCUT2D eigenvalue weighted by atomic mass is 16.9. The number of hydroxylamine groups is 2. The second-order valence-corrected chi connectivity index (χ2v) is 8.15. The van der Waals surface area contributed by atoms with Crippen molar-refractivity contribution in [2.45, 2.75) is 32.1 Å². The van der Waals surface area contributed by atoms with Gasteiger partial charge in [-0.1, -0.05) is 18.2 Å². The smallest absolute Gasteiger partial charge is 0.410 e. The van der Waals surface area contributed by atoms with Crippen molar-refractivity contribution in [1.82, 2.24) is 14.9 Å². The minimum Gasteiger partial charge on any atom is -0.444 e. The molecular weight excluding hydrogens is 358 g/mol. The van der Waals surface area contributed by atoms with Gasteiger partial charge in [0.1, 0.15) is 5.60 Å². The van der Waals surface area contributed by atoms with Crippen LogP contribution in [0.15, 0.2) is 48.7 Å². The predicted octanol–water partition coefficient (Wildman–Crippen LogP) is 2.86. The third-order valence-corrected chi connectivity index (χ3v) is 4.95. The normalized spacial score (nSPS) is 23.5. The van der Waals surface area contributed by atoms with E-state index in [1.807, 2.05) is 69.5 Å². The summed E-state index contributed by atoms with van der Waals surface area (Å²) in [4.78, 5) is 34.0. The predicted molar refractivity (Wildman–Crippen MR) is 103 cm³/mol. The van der Waals surface area contributed by atoms with Gasteiger partial charge in [0.2, 0.25) is 5.72 Å². The molecule has 3 aliphatic rings. The van der Waals surface area contributed by atoms with E-state index in [-0.39, 0.29) is 12.0 Å². The van der Waals surface area contributed by atoms with E-state index in [0.717, 1.165) is 5.56 Å². The van der Waals surface area contributed by atoms with E-state index in [1.165, 1.54) is 0 Å². The van der Waals surface area contributed by atoms with E-state index in [4.69, 9.17) is 9.57 Å². The number of hydrogen-bond acceptors (Lipinski definition) is 5. The summed E-state index contributed by atoms with van der Waals surface area (Å²) >= 11 is 0. The quantitative estimate of drug-likeness (QED) is 0.735. The van der Waals surface area contributed by atoms with Crippen molar-refractivity contribution < 1.29 is 19.2 Å². The van der Waals surface area contributed by atoms with Crippen molar-refractivity contribution in [3.8, 4) is 0 Å². The maximum absolute atomic E-state index is 12.8. The third kappa shape index (κ3) is 3.49. The molecule has 0 spiro atoms. The fraction of sp³-hybridized carbons (Fsp3) is 0.429. The molecule has 7 nitrogen and oxygen atoms in total. The fourth-order valence-electron chi connectivity index (χ4n) is 3.42. The molecule has 2 fully saturated rings. The van der Waals surface area contributed by atoms with Gasteiger partial charge in [0.25, 0.3) is 5.91 Å². The van der Waals surface area contributed by atoms with Gasteiger partial charge in [-0.15, -0.1) is 0 Å². The van der Waals surface area contributed by atoms with Gasteiger partial charge in [-0.05, 0) is 45.1 Å². The second kappa shape index (κ2) is 6.67. The number of fused-ring (bicyclic) bond motifs is 1. The first-order valence-electron chi connectivity index (χ1n) is 9.51. The van der Waals surface area contributed by atoms with Crippen LogP contribution >= 0.6 is 0 Å². The maximum atomic E-state index is 12.8. The van der Waals surface area contributed by atoms with Crippen molar-refractivity contribution in [1.29, 1.82) is 0 Å². The molecule has 1 unspecified atom stereocenters. The number of carbonyl (C=O) groups is 2. The van der Waals surface area contributed by atoms with Gasteiger partial charge in [0.15, 0.2) is 0 Å². The van der Waals surface area contributed by atoms with Crippen LogP contribution in [0.2, 0.25) is 0 Å². The first kappa shape index (κ1) is 18.6. The number of rotatable bonds is 2. The molecule has 7 heteroatoms. The SMILES string of the molecule is CC(C)(C)OC(=O)N1CCN(C(=O)c2ccc(C34C=CC=CN3O4)cc2)CC1. The van der Waals surface area contributed by atoms with Crippen molar-refractivity contribution >= 4 is 12.0 Å². The lowest BCUT2D eigenvalue weighted by Gasteiger charge is -2.35. The number of benzene rings is 1. The van der Waals surface area contributed by atoms with Crippen LogP contribution in [0.25, 0.3) is 0 Å². The Labute approximate surface area is 164 Å². The summed E-state index contributed by atoms with van der Waals surface area (Å²) in [5.41, 5.74) is 0.581. The number of piperazine rings is 1. The lowest BCUT2D eigenvalue weighted by Crippen LogP contribution is -2.51. The Morgan fingerprint density at radius 2 is 1.64 bits per heavy atom. The molecule has 0 aliphatic carbocycles. The molecule has 0 aromatic heterocycles. The number of ether oxygens (including phenoxy) is 1. The van der Waals surface area contributed by atoms with Crippen LogP contribution in [0.4, 0.5) is 4.79 Å². The molecule has 28 heavy (non-hydrogen) atoms. The second-order valence-electron chi connectivity index (χ2n) is 8.15. The van der Waals surface area contributed by atoms with E-state index in [1.54, 1.807) is 14.9 Å². The number of nitrogens with zero attached hydrogens (tertiary/aromatic N) is 3. The summed E-state index contributed by atoms with van der Waals surface area (Å²) in [6.45, 7) is 7.48. The minimum absolute atomic E-state index is 0.0273. The first-order chi connectivity index (χ1) is 13.3. The minimum atomic E-state index is -0.518. The standard InChI is InChI=1S/C21H25N3O4/c1-20(2,3)27-19(26)23-14-12-22(13-15-23)18(25)16-6-8-17(9-7-16)21-10-4-5-11-24(21)28-21/h4-11H,12-15H2,1-3H3. The molecule has 2 saturated heterocycles. The van der Waals surface area contributed by atoms with E-state index in [0.29, 0.717) is 31.7 Å². The number of hydrogen-bond donors (Lipinski definition) is 0. The highest BCUT2D eigenvalue weighted by molar-refractivity contribution is 5.94. The molecule has 148 valence electrons. The molecule has 0 radical (unpaired) electrons. The average Bonchev–Trinajstić information content (AvgIpc) is 3.42. The summed E-state index contributed by atoms with van der Waals surface area (Å²) in [6.07, 6.45) is 7.40. The van der Waals surface area contributed by atoms with Gasteiger partial charge in [-0.25, -0.2) is 14.7 Å². The molecule has 0 bridgehead atoms. The largest absolute Gasteiger partial charge is 0.444 e. The maximum Gasteiger partial charge on any atom is 0.410 e. The summed E-state index contributed by atoms with van der Waals surface area (Å²) in [7, 11) is 0. The van der Waals surface area contributed by atoms with E-state index >= 15 is 0 Å². The van der Waals surface area contributed by atoms with Crippen LogP contribution in [0.3, 0.4) is 0 Å². The monoisotopic (exact) mass is 383 g/mol. The van der Waals surface area contributed by atoms with Gasteiger partial charge in [0.05, 0.1) is 0 Å². The Balaban J connectivity index is 1.35. The van der Waals surface area contributed by atoms with Crippen molar-refractivity contribution in [2.75, 3.05) is 26.2 Å². The van der Waals surface area contributed by atoms with E-state index in [2.05, 4.69) is 0 Å². The molecule has 4 rings (SSSR count). The summed E-state index contributed by atoms with van der Waals surface area (Å²) in [6, 6.07) is 7.51. The Morgan fingerprint density at radius 3 is 2.25 bits per heavy atom. The molecule has 3 heterocycles. The highest BCUT2D eigenvalue weighted by Gasteiger charge is 2.53. The molecule has 3 aliphatic heterocycles. The third-order valence-electron chi connectivity index (χ3n) is 4.95. The van der Waals surface area contributed by atoms with Gasteiger partial charge >= 0.3 is 6.09 Å². The summed E-state index contributed by atoms with van der Waals surface area (Å²) < 4.78 is 5.40. The number of amides is 2. The molecule has 1 atom stereocenters. The van der Waals surface area contributed by atoms with Gasteiger partial charge < -0.3 is 14.5 Å². The first-order valence-corrected chi connectivity index (χ1v) is 9.51. The number of carbonyl (C=O) groups excluding carboxylic acids is 2. The molecule has 1 aromatic rings. The average molecular weight is 383 g/mol. The van der Waals surface area contributed by atoms with Gasteiger partial charge in [-0.3, -0.25) is 4.79 Å². The van der Waals surface area contributed by atoms with Crippen LogP contribution in [-0.4, -0.2) is 58.6 Å². The highest BCUT2D eigenvalue weighted by Crippen LogP contribution is 2.47. The zero-order chi connectivity index (χ0) is 19.9. The molecular formula is C21H25N3O4. The molecule has 0 N–H and O–H groups in total. The van der Waals surface area contributed by atoms with Crippen molar-refractivity contribution in [3.63, 3.8) is 0 Å². The fourth-order valence-corrected chi connectivity index (χ4v) is 3.42. The van der Waals surface area contributed by atoms with Crippen molar-refractivity contribution in [3.05, 3.63) is 59.8 Å². The molecule has 0 saturated carbocycles. The zero-order valence-electron chi connectivity index (χ0n) is 16.4. The van der Waals surface area contributed by atoms with Gasteiger partial charge in [0, 0.05) is 43.5 Å². The van der Waals surface area contributed by atoms with E-state index in [9.17, 15) is 9.59 Å². The van der Waals surface area contributed by atoms with Crippen LogP contribution in [-0.2, 0) is 15.3 Å². The van der Waals surface area contributed by atoms with E-state index < -0.39 is 11.3 Å².